The number of carbonyl (C=O) groups excluding carboxylic acids is 1. The summed E-state index contributed by atoms with van der Waals surface area (Å²) in [5.74, 6) is -0.432. The summed E-state index contributed by atoms with van der Waals surface area (Å²) in [5, 5.41) is 17.6. The second-order valence-electron chi connectivity index (χ2n) is 12.6. The maximum atomic E-state index is 13.6. The van der Waals surface area contributed by atoms with Crippen molar-refractivity contribution in [3.05, 3.63) is 41.9 Å². The summed E-state index contributed by atoms with van der Waals surface area (Å²) in [4.78, 5) is 20.1. The number of nitrogens with zero attached hydrogens (tertiary/aromatic N) is 6. The van der Waals surface area contributed by atoms with Gasteiger partial charge in [-0.25, -0.2) is 22.8 Å². The summed E-state index contributed by atoms with van der Waals surface area (Å²) in [5.41, 5.74) is -3.02. The second-order valence-corrected chi connectivity index (χ2v) is 14.3. The van der Waals surface area contributed by atoms with Crippen LogP contribution in [0, 0.1) is 23.7 Å². The molecule has 4 rings (SSSR count). The quantitative estimate of drug-likeness (QED) is 0.358. The fourth-order valence-electron chi connectivity index (χ4n) is 5.02. The number of pyridine rings is 1. The molecule has 0 bridgehead atoms. The number of hydrogen-bond donors (Lipinski definition) is 2. The van der Waals surface area contributed by atoms with Gasteiger partial charge in [-0.05, 0) is 51.2 Å². The zero-order chi connectivity index (χ0) is 33.0. The lowest BCUT2D eigenvalue weighted by atomic mass is 9.70. The van der Waals surface area contributed by atoms with Gasteiger partial charge in [-0.1, -0.05) is 20.8 Å². The van der Waals surface area contributed by atoms with Crippen molar-refractivity contribution >= 4 is 21.7 Å². The van der Waals surface area contributed by atoms with Gasteiger partial charge in [0.1, 0.15) is 22.7 Å². The van der Waals surface area contributed by atoms with Gasteiger partial charge in [-0.2, -0.15) is 18.3 Å². The van der Waals surface area contributed by atoms with E-state index in [4.69, 9.17) is 9.72 Å². The van der Waals surface area contributed by atoms with Crippen molar-refractivity contribution in [3.63, 3.8) is 0 Å². The Bertz CT molecular complexity index is 1670. The van der Waals surface area contributed by atoms with Crippen LogP contribution in [0.2, 0.25) is 0 Å². The van der Waals surface area contributed by atoms with Gasteiger partial charge in [-0.3, -0.25) is 9.48 Å². The predicted molar refractivity (Wildman–Crippen MR) is 155 cm³/mol. The van der Waals surface area contributed by atoms with E-state index < -0.39 is 46.3 Å². The van der Waals surface area contributed by atoms with E-state index in [1.807, 2.05) is 18.7 Å². The highest BCUT2D eigenvalue weighted by atomic mass is 32.2. The molecule has 12 nitrogen and oxygen atoms in total. The Balaban J connectivity index is 1.72. The van der Waals surface area contributed by atoms with Crippen molar-refractivity contribution in [1.29, 1.82) is 0 Å². The Morgan fingerprint density at radius 2 is 1.84 bits per heavy atom. The average molecular weight is 642 g/mol. The number of alkyl halides is 3. The van der Waals surface area contributed by atoms with Gasteiger partial charge in [-0.15, -0.1) is 5.10 Å². The number of nitrogens with one attached hydrogen (secondary N) is 1. The normalized spacial score (nSPS) is 19.5. The van der Waals surface area contributed by atoms with Crippen LogP contribution in [0.3, 0.4) is 0 Å². The molecule has 0 aromatic carbocycles. The number of rotatable bonds is 9. The third kappa shape index (κ3) is 5.76. The monoisotopic (exact) mass is 641 g/mol. The number of aliphatic hydroxyl groups excluding tert-OH is 1. The minimum absolute atomic E-state index is 0.00404. The largest absolute Gasteiger partial charge is 0.476 e. The van der Waals surface area contributed by atoms with E-state index in [1.165, 1.54) is 46.9 Å². The molecule has 2 N–H and O–H groups in total. The Hall–Kier alpha value is -3.66. The molecule has 0 radical (unpaired) electrons. The first-order valence-electron chi connectivity index (χ1n) is 13.9. The predicted octanol–water partition coefficient (Wildman–Crippen LogP) is 3.63. The van der Waals surface area contributed by atoms with E-state index in [0.29, 0.717) is 6.54 Å². The lowest BCUT2D eigenvalue weighted by molar-refractivity contribution is -0.237. The van der Waals surface area contributed by atoms with Crippen LogP contribution in [0.15, 0.2) is 35.5 Å². The molecule has 4 heterocycles. The van der Waals surface area contributed by atoms with E-state index in [-0.39, 0.29) is 45.0 Å². The average Bonchev–Trinajstić information content (AvgIpc) is 3.58. The van der Waals surface area contributed by atoms with Gasteiger partial charge in [0.15, 0.2) is 5.82 Å². The van der Waals surface area contributed by atoms with Crippen molar-refractivity contribution in [2.24, 2.45) is 23.8 Å². The summed E-state index contributed by atoms with van der Waals surface area (Å²) >= 11 is 0. The fourth-order valence-corrected chi connectivity index (χ4v) is 6.20. The zero-order valence-electron chi connectivity index (χ0n) is 25.9. The summed E-state index contributed by atoms with van der Waals surface area (Å²) in [6, 6.07) is 4.23. The molecule has 44 heavy (non-hydrogen) atoms. The van der Waals surface area contributed by atoms with Crippen molar-refractivity contribution in [2.75, 3.05) is 24.7 Å². The topological polar surface area (TPSA) is 144 Å². The molecule has 3 aromatic heterocycles. The zero-order valence-corrected chi connectivity index (χ0v) is 26.7. The molecule has 0 saturated carbocycles. The third-order valence-corrected chi connectivity index (χ3v) is 10.6. The van der Waals surface area contributed by atoms with Gasteiger partial charge in [0.2, 0.25) is 5.88 Å². The molecule has 1 saturated heterocycles. The molecule has 1 amide bonds. The SMILES string of the molecule is Cc1nn(C)cc1S(=O)(=O)NC(=O)c1ccc(-n2ccc(OCC(C)(CO)C(F)(F)F)n2)nc1N1C[C@@H](C)C(C)(C)C1(C)C. The van der Waals surface area contributed by atoms with Crippen LogP contribution in [-0.2, 0) is 17.1 Å². The number of aromatic nitrogens is 5. The summed E-state index contributed by atoms with van der Waals surface area (Å²) in [6.07, 6.45) is -1.97. The Morgan fingerprint density at radius 1 is 1.18 bits per heavy atom. The van der Waals surface area contributed by atoms with E-state index in [1.54, 1.807) is 7.05 Å². The summed E-state index contributed by atoms with van der Waals surface area (Å²) in [7, 11) is -2.70. The van der Waals surface area contributed by atoms with Crippen LogP contribution in [0.25, 0.3) is 5.82 Å². The fraction of sp³-hybridized carbons (Fsp3) is 0.571. The van der Waals surface area contributed by atoms with Crippen LogP contribution in [0.4, 0.5) is 19.0 Å². The highest BCUT2D eigenvalue weighted by Crippen LogP contribution is 2.50. The number of anilines is 1. The number of hydrogen-bond acceptors (Lipinski definition) is 9. The standard InChI is InChI=1S/C28H38F3N7O5S/c1-17-13-37(26(5,6)25(17,3)4)23-19(24(40)35-44(41,42)20-14-36(8)33-18(20)2)9-10-21(32-23)38-12-11-22(34-38)43-16-27(7,15-39)28(29,30)31/h9-12,14,17,39H,13,15-16H2,1-8H3,(H,35,40)/t17-,27?/m1/s1. The van der Waals surface area contributed by atoms with Gasteiger partial charge in [0.05, 0.1) is 17.9 Å². The van der Waals surface area contributed by atoms with Crippen LogP contribution < -0.4 is 14.4 Å². The molecule has 2 atom stereocenters. The number of amides is 1. The second kappa shape index (κ2) is 11.1. The van der Waals surface area contributed by atoms with Crippen LogP contribution in [0.1, 0.15) is 57.6 Å². The minimum Gasteiger partial charge on any atom is -0.476 e. The maximum absolute atomic E-state index is 13.6. The Morgan fingerprint density at radius 3 is 2.36 bits per heavy atom. The minimum atomic E-state index is -4.70. The molecule has 1 unspecified atom stereocenters. The molecule has 0 spiro atoms. The molecule has 1 aliphatic rings. The number of aliphatic hydroxyl groups is 1. The number of ether oxygens (including phenoxy) is 1. The van der Waals surface area contributed by atoms with Gasteiger partial charge < -0.3 is 14.7 Å². The number of carbonyl (C=O) groups is 1. The summed E-state index contributed by atoms with van der Waals surface area (Å²) in [6.45, 7) is 11.2. The van der Waals surface area contributed by atoms with Crippen molar-refractivity contribution in [2.45, 2.75) is 65.1 Å². The molecule has 0 aliphatic carbocycles. The van der Waals surface area contributed by atoms with Crippen molar-refractivity contribution in [3.8, 4) is 11.7 Å². The van der Waals surface area contributed by atoms with Gasteiger partial charge >= 0.3 is 6.18 Å². The summed E-state index contributed by atoms with van der Waals surface area (Å²) < 4.78 is 76.5. The molecule has 1 aliphatic heterocycles. The first-order chi connectivity index (χ1) is 20.1. The van der Waals surface area contributed by atoms with Crippen molar-refractivity contribution < 1.29 is 36.2 Å². The smallest absolute Gasteiger partial charge is 0.399 e. The van der Waals surface area contributed by atoms with Crippen LogP contribution >= 0.6 is 0 Å². The van der Waals surface area contributed by atoms with E-state index in [9.17, 15) is 31.5 Å². The molecular formula is C28H38F3N7O5S. The van der Waals surface area contributed by atoms with E-state index in [2.05, 4.69) is 35.7 Å². The lowest BCUT2D eigenvalue weighted by Crippen LogP contribution is -2.48. The molecule has 1 fully saturated rings. The van der Waals surface area contributed by atoms with E-state index in [0.717, 1.165) is 6.92 Å². The number of halogens is 3. The van der Waals surface area contributed by atoms with Crippen LogP contribution in [-0.4, -0.2) is 75.5 Å². The van der Waals surface area contributed by atoms with E-state index >= 15 is 0 Å². The van der Waals surface area contributed by atoms with Crippen molar-refractivity contribution in [1.82, 2.24) is 29.3 Å². The van der Waals surface area contributed by atoms with Crippen LogP contribution in [0.5, 0.6) is 5.88 Å². The highest BCUT2D eigenvalue weighted by molar-refractivity contribution is 7.90. The molecular weight excluding hydrogens is 603 g/mol. The molecule has 16 heteroatoms. The highest BCUT2D eigenvalue weighted by Gasteiger charge is 2.53. The first-order valence-corrected chi connectivity index (χ1v) is 15.4. The Labute approximate surface area is 254 Å². The third-order valence-electron chi connectivity index (χ3n) is 9.16. The maximum Gasteiger partial charge on any atom is 0.399 e. The Kier molecular flexibility index (Phi) is 8.35. The van der Waals surface area contributed by atoms with Gasteiger partial charge in [0, 0.05) is 37.6 Å². The molecule has 3 aromatic rings. The number of sulfonamides is 1. The molecule has 242 valence electrons. The number of aryl methyl sites for hydroxylation is 2. The van der Waals surface area contributed by atoms with Gasteiger partial charge in [0.25, 0.3) is 15.9 Å². The lowest BCUT2D eigenvalue weighted by Gasteiger charge is -2.43. The first kappa shape index (κ1) is 33.2.